The molecule has 3 aromatic rings. The molecule has 3 rings (SSSR count). The average molecular weight is 399 g/mol. The third-order valence-corrected chi connectivity index (χ3v) is 4.75. The Bertz CT molecular complexity index is 961. The fourth-order valence-electron chi connectivity index (χ4n) is 2.57. The molecule has 26 heavy (non-hydrogen) atoms. The summed E-state index contributed by atoms with van der Waals surface area (Å²) in [5.74, 6) is 0.425. The molecule has 2 aromatic carbocycles. The maximum absolute atomic E-state index is 13.5. The molecule has 136 valence electrons. The zero-order valence-corrected chi connectivity index (χ0v) is 14.9. The second kappa shape index (κ2) is 7.53. The molecule has 5 nitrogen and oxygen atoms in total. The lowest BCUT2D eigenvalue weighted by Gasteiger charge is -2.09. The van der Waals surface area contributed by atoms with Crippen molar-refractivity contribution in [3.63, 3.8) is 0 Å². The van der Waals surface area contributed by atoms with Gasteiger partial charge in [-0.25, -0.2) is 13.0 Å². The van der Waals surface area contributed by atoms with Crippen LogP contribution in [0.15, 0.2) is 47.4 Å². The van der Waals surface area contributed by atoms with Crippen LogP contribution in [-0.2, 0) is 11.1 Å². The second-order valence-electron chi connectivity index (χ2n) is 5.28. The predicted molar refractivity (Wildman–Crippen MR) is 95.0 cm³/mol. The topological polar surface area (TPSA) is 75.2 Å². The summed E-state index contributed by atoms with van der Waals surface area (Å²) in [6, 6.07) is 10.7. The smallest absolute Gasteiger partial charge is 0.280 e. The summed E-state index contributed by atoms with van der Waals surface area (Å²) in [5.41, 5.74) is 1.13. The van der Waals surface area contributed by atoms with Crippen molar-refractivity contribution < 1.29 is 22.3 Å². The molecule has 0 aliphatic rings. The van der Waals surface area contributed by atoms with Crippen LogP contribution in [0.5, 0.6) is 5.75 Å². The molecule has 1 aromatic heterocycles. The first kappa shape index (κ1) is 18.5. The summed E-state index contributed by atoms with van der Waals surface area (Å²) in [7, 11) is 1.46. The number of methoxy groups -OCH3 is 1. The van der Waals surface area contributed by atoms with Crippen molar-refractivity contribution in [2.24, 2.45) is 0 Å². The van der Waals surface area contributed by atoms with E-state index in [9.17, 15) is 13.0 Å². The highest BCUT2D eigenvalue weighted by atomic mass is 35.5. The zero-order chi connectivity index (χ0) is 18.8. The number of aromatic amines is 1. The first-order valence-corrected chi connectivity index (χ1v) is 8.82. The quantitative estimate of drug-likeness (QED) is 0.598. The molecule has 0 bridgehead atoms. The Morgan fingerprint density at radius 3 is 2.38 bits per heavy atom. The van der Waals surface area contributed by atoms with E-state index < -0.39 is 17.5 Å². The number of hydrogen-bond donors (Lipinski definition) is 2. The van der Waals surface area contributed by atoms with Crippen molar-refractivity contribution in [1.29, 1.82) is 0 Å². The normalized spacial score (nSPS) is 12.4. The number of benzene rings is 2. The van der Waals surface area contributed by atoms with Gasteiger partial charge in [-0.1, -0.05) is 29.8 Å². The number of H-pyrrole nitrogens is 1. The van der Waals surface area contributed by atoms with Crippen LogP contribution in [0.3, 0.4) is 0 Å². The maximum Gasteiger partial charge on any atom is 0.280 e. The minimum Gasteiger partial charge on any atom is -0.495 e. The fraction of sp³-hybridized carbons (Fsp3) is 0.118. The molecule has 1 unspecified atom stereocenters. The molecule has 1 heterocycles. The zero-order valence-electron chi connectivity index (χ0n) is 13.4. The van der Waals surface area contributed by atoms with Crippen LogP contribution in [0.4, 0.5) is 8.78 Å². The standard InChI is InChI=1S/C17H13ClF2N2O3S/c1-25-13-7-4-10(8-12(13)18)14-15(21-22-16(14)17(19)20)9-2-5-11(6-3-9)26(23)24/h2-8,17H,1H3,(H,21,22)(H,23,24). The van der Waals surface area contributed by atoms with Crippen LogP contribution in [0.2, 0.25) is 5.02 Å². The molecule has 0 amide bonds. The van der Waals surface area contributed by atoms with Crippen molar-refractivity contribution >= 4 is 22.7 Å². The lowest BCUT2D eigenvalue weighted by atomic mass is 9.99. The van der Waals surface area contributed by atoms with E-state index in [0.29, 0.717) is 16.9 Å². The van der Waals surface area contributed by atoms with Crippen molar-refractivity contribution in [3.05, 3.63) is 53.2 Å². The maximum atomic E-state index is 13.5. The second-order valence-corrected chi connectivity index (χ2v) is 6.66. The molecular formula is C17H13ClF2N2O3S. The molecule has 0 saturated carbocycles. The minimum absolute atomic E-state index is 0.201. The highest BCUT2D eigenvalue weighted by molar-refractivity contribution is 7.79. The van der Waals surface area contributed by atoms with Gasteiger partial charge < -0.3 is 9.29 Å². The minimum atomic E-state index is -2.77. The first-order chi connectivity index (χ1) is 12.4. The van der Waals surface area contributed by atoms with E-state index in [2.05, 4.69) is 10.2 Å². The van der Waals surface area contributed by atoms with E-state index in [-0.39, 0.29) is 26.9 Å². The number of rotatable bonds is 5. The first-order valence-electron chi connectivity index (χ1n) is 7.34. The molecule has 0 saturated heterocycles. The van der Waals surface area contributed by atoms with Gasteiger partial charge in [0, 0.05) is 11.1 Å². The number of halogens is 3. The van der Waals surface area contributed by atoms with Crippen molar-refractivity contribution in [3.8, 4) is 28.1 Å². The van der Waals surface area contributed by atoms with Crippen molar-refractivity contribution in [1.82, 2.24) is 10.2 Å². The van der Waals surface area contributed by atoms with Crippen LogP contribution in [-0.4, -0.2) is 26.1 Å². The molecular weight excluding hydrogens is 386 g/mol. The third-order valence-electron chi connectivity index (χ3n) is 3.78. The van der Waals surface area contributed by atoms with E-state index in [1.165, 1.54) is 25.3 Å². The van der Waals surface area contributed by atoms with E-state index in [1.54, 1.807) is 24.3 Å². The summed E-state index contributed by atoms with van der Waals surface area (Å²) in [6.07, 6.45) is -2.77. The van der Waals surface area contributed by atoms with E-state index in [4.69, 9.17) is 20.9 Å². The Hall–Kier alpha value is -2.29. The van der Waals surface area contributed by atoms with E-state index in [0.717, 1.165) is 0 Å². The van der Waals surface area contributed by atoms with Crippen molar-refractivity contribution in [2.75, 3.05) is 7.11 Å². The van der Waals surface area contributed by atoms with Gasteiger partial charge >= 0.3 is 0 Å². The summed E-state index contributed by atoms with van der Waals surface area (Å²) >= 11 is 4.00. The van der Waals surface area contributed by atoms with E-state index >= 15 is 0 Å². The number of aromatic nitrogens is 2. The number of nitrogens with one attached hydrogen (secondary N) is 1. The number of ether oxygens (including phenoxy) is 1. The number of nitrogens with zero attached hydrogens (tertiary/aromatic N) is 1. The Kier molecular flexibility index (Phi) is 5.36. The van der Waals surface area contributed by atoms with Crippen LogP contribution in [0, 0.1) is 0 Å². The molecule has 1 atom stereocenters. The summed E-state index contributed by atoms with van der Waals surface area (Å²) in [5, 5.41) is 6.67. The van der Waals surface area contributed by atoms with Crippen molar-refractivity contribution in [2.45, 2.75) is 11.3 Å². The summed E-state index contributed by atoms with van der Waals surface area (Å²) in [6.45, 7) is 0. The molecule has 0 radical (unpaired) electrons. The average Bonchev–Trinajstić information content (AvgIpc) is 3.07. The highest BCUT2D eigenvalue weighted by Crippen LogP contribution is 2.40. The fourth-order valence-corrected chi connectivity index (χ4v) is 3.19. The van der Waals surface area contributed by atoms with Crippen LogP contribution < -0.4 is 4.74 Å². The lowest BCUT2D eigenvalue weighted by Crippen LogP contribution is -1.92. The van der Waals surface area contributed by atoms with Gasteiger partial charge in [-0.15, -0.1) is 0 Å². The Morgan fingerprint density at radius 2 is 1.85 bits per heavy atom. The van der Waals surface area contributed by atoms with E-state index in [1.807, 2.05) is 0 Å². The van der Waals surface area contributed by atoms with Gasteiger partial charge in [0.2, 0.25) is 0 Å². The van der Waals surface area contributed by atoms with Crippen LogP contribution >= 0.6 is 11.6 Å². The predicted octanol–water partition coefficient (Wildman–Crippen LogP) is 4.92. The van der Waals surface area contributed by atoms with Gasteiger partial charge in [0.1, 0.15) is 17.1 Å². The van der Waals surface area contributed by atoms with Crippen LogP contribution in [0.25, 0.3) is 22.4 Å². The monoisotopic (exact) mass is 398 g/mol. The van der Waals surface area contributed by atoms with Crippen LogP contribution in [0.1, 0.15) is 12.1 Å². The van der Waals surface area contributed by atoms with Gasteiger partial charge in [-0.3, -0.25) is 5.10 Å². The summed E-state index contributed by atoms with van der Waals surface area (Å²) < 4.78 is 52.2. The van der Waals surface area contributed by atoms with Gasteiger partial charge in [0.05, 0.1) is 17.0 Å². The number of alkyl halides is 2. The molecule has 2 N–H and O–H groups in total. The van der Waals surface area contributed by atoms with Gasteiger partial charge in [0.15, 0.2) is 11.1 Å². The molecule has 0 spiro atoms. The van der Waals surface area contributed by atoms with Gasteiger partial charge in [-0.05, 0) is 29.8 Å². The Balaban J connectivity index is 2.16. The SMILES string of the molecule is COc1ccc(-c2c(-c3ccc(S(=O)O)cc3)n[nH]c2C(F)F)cc1Cl. The molecule has 9 heteroatoms. The molecule has 0 fully saturated rings. The third kappa shape index (κ3) is 3.48. The number of hydrogen-bond acceptors (Lipinski definition) is 3. The Morgan fingerprint density at radius 1 is 1.19 bits per heavy atom. The summed E-state index contributed by atoms with van der Waals surface area (Å²) in [4.78, 5) is 0.201. The molecule has 0 aliphatic carbocycles. The lowest BCUT2D eigenvalue weighted by molar-refractivity contribution is 0.146. The largest absolute Gasteiger partial charge is 0.495 e. The molecule has 0 aliphatic heterocycles. The Labute approximate surface area is 155 Å². The highest BCUT2D eigenvalue weighted by Gasteiger charge is 2.23. The van der Waals surface area contributed by atoms with Gasteiger partial charge in [0.25, 0.3) is 6.43 Å². The van der Waals surface area contributed by atoms with Gasteiger partial charge in [-0.2, -0.15) is 5.10 Å².